The summed E-state index contributed by atoms with van der Waals surface area (Å²) < 4.78 is 5.38. The van der Waals surface area contributed by atoms with Crippen LogP contribution in [0.5, 0.6) is 5.75 Å². The summed E-state index contributed by atoms with van der Waals surface area (Å²) in [5.74, 6) is 0.889. The maximum absolute atomic E-state index is 12.2. The predicted octanol–water partition coefficient (Wildman–Crippen LogP) is 3.52. The van der Waals surface area contributed by atoms with Crippen LogP contribution in [0.15, 0.2) is 18.2 Å². The molecule has 0 radical (unpaired) electrons. The van der Waals surface area contributed by atoms with Gasteiger partial charge in [0.05, 0.1) is 7.11 Å². The molecule has 1 aliphatic carbocycles. The largest absolute Gasteiger partial charge is 0.496 e. The number of rotatable bonds is 5. The summed E-state index contributed by atoms with van der Waals surface area (Å²) in [6.07, 6.45) is 6.84. The molecule has 0 bridgehead atoms. The molecule has 4 heteroatoms. The Morgan fingerprint density at radius 2 is 2.05 bits per heavy atom. The smallest absolute Gasteiger partial charge is 0.317 e. The van der Waals surface area contributed by atoms with E-state index in [9.17, 15) is 4.79 Å². The number of amides is 2. The standard InChI is InChI=1S/C18H28N2O2/c1-14-9-10-17(22-3)15(13-14)11-12-19-18(21)20(2)16-7-5-4-6-8-16/h9-10,13,16H,4-8,11-12H2,1-3H3,(H,19,21). The second-order valence-corrected chi connectivity index (χ2v) is 6.20. The fourth-order valence-corrected chi connectivity index (χ4v) is 3.17. The van der Waals surface area contributed by atoms with E-state index in [1.54, 1.807) is 7.11 Å². The van der Waals surface area contributed by atoms with Gasteiger partial charge in [-0.3, -0.25) is 0 Å². The third kappa shape index (κ3) is 4.39. The molecule has 1 N–H and O–H groups in total. The van der Waals surface area contributed by atoms with Gasteiger partial charge in [0, 0.05) is 19.6 Å². The van der Waals surface area contributed by atoms with E-state index < -0.39 is 0 Å². The second kappa shape index (κ2) is 8.06. The SMILES string of the molecule is COc1ccc(C)cc1CCNC(=O)N(C)C1CCCCC1. The fraction of sp³-hybridized carbons (Fsp3) is 0.611. The van der Waals surface area contributed by atoms with E-state index in [-0.39, 0.29) is 6.03 Å². The molecule has 0 unspecified atom stereocenters. The van der Waals surface area contributed by atoms with Crippen molar-refractivity contribution in [3.05, 3.63) is 29.3 Å². The van der Waals surface area contributed by atoms with Gasteiger partial charge in [0.25, 0.3) is 0 Å². The Hall–Kier alpha value is -1.71. The lowest BCUT2D eigenvalue weighted by atomic mass is 9.95. The van der Waals surface area contributed by atoms with Gasteiger partial charge in [-0.05, 0) is 37.8 Å². The van der Waals surface area contributed by atoms with Crippen molar-refractivity contribution in [2.75, 3.05) is 20.7 Å². The minimum Gasteiger partial charge on any atom is -0.496 e. The van der Waals surface area contributed by atoms with Crippen LogP contribution in [0.1, 0.15) is 43.2 Å². The molecule has 0 spiro atoms. The summed E-state index contributed by atoms with van der Waals surface area (Å²) in [7, 11) is 3.60. The highest BCUT2D eigenvalue weighted by Crippen LogP contribution is 2.22. The van der Waals surface area contributed by atoms with Crippen LogP contribution in [0.2, 0.25) is 0 Å². The highest BCUT2D eigenvalue weighted by Gasteiger charge is 2.21. The summed E-state index contributed by atoms with van der Waals surface area (Å²) in [5, 5.41) is 3.03. The second-order valence-electron chi connectivity index (χ2n) is 6.20. The van der Waals surface area contributed by atoms with Gasteiger partial charge in [0.1, 0.15) is 5.75 Å². The fourth-order valence-electron chi connectivity index (χ4n) is 3.17. The van der Waals surface area contributed by atoms with Crippen LogP contribution in [0, 0.1) is 6.92 Å². The Morgan fingerprint density at radius 3 is 2.73 bits per heavy atom. The molecule has 1 aromatic carbocycles. The number of methoxy groups -OCH3 is 1. The van der Waals surface area contributed by atoms with Crippen LogP contribution in [-0.2, 0) is 6.42 Å². The number of hydrogen-bond acceptors (Lipinski definition) is 2. The molecule has 1 saturated carbocycles. The number of carbonyl (C=O) groups excluding carboxylic acids is 1. The lowest BCUT2D eigenvalue weighted by Crippen LogP contribution is -2.44. The molecule has 0 atom stereocenters. The van der Waals surface area contributed by atoms with E-state index in [0.29, 0.717) is 12.6 Å². The van der Waals surface area contributed by atoms with E-state index in [4.69, 9.17) is 4.74 Å². The molecule has 22 heavy (non-hydrogen) atoms. The zero-order valence-electron chi connectivity index (χ0n) is 14.0. The molecule has 0 aliphatic heterocycles. The maximum atomic E-state index is 12.2. The Balaban J connectivity index is 1.82. The monoisotopic (exact) mass is 304 g/mol. The highest BCUT2D eigenvalue weighted by molar-refractivity contribution is 5.74. The molecule has 0 saturated heterocycles. The van der Waals surface area contributed by atoms with E-state index >= 15 is 0 Å². The van der Waals surface area contributed by atoms with Crippen LogP contribution in [0.25, 0.3) is 0 Å². The average Bonchev–Trinajstić information content (AvgIpc) is 2.55. The number of nitrogens with zero attached hydrogens (tertiary/aromatic N) is 1. The van der Waals surface area contributed by atoms with Crippen molar-refractivity contribution in [1.82, 2.24) is 10.2 Å². The number of urea groups is 1. The normalized spacial score (nSPS) is 15.4. The molecule has 0 aromatic heterocycles. The molecule has 4 nitrogen and oxygen atoms in total. The van der Waals surface area contributed by atoms with Crippen molar-refractivity contribution in [2.45, 2.75) is 51.5 Å². The lowest BCUT2D eigenvalue weighted by molar-refractivity contribution is 0.174. The van der Waals surface area contributed by atoms with E-state index in [0.717, 1.165) is 30.6 Å². The van der Waals surface area contributed by atoms with Gasteiger partial charge in [0.2, 0.25) is 0 Å². The predicted molar refractivity (Wildman–Crippen MR) is 89.5 cm³/mol. The first kappa shape index (κ1) is 16.7. The Morgan fingerprint density at radius 1 is 1.32 bits per heavy atom. The Bertz CT molecular complexity index is 496. The minimum absolute atomic E-state index is 0.0403. The first-order valence-corrected chi connectivity index (χ1v) is 8.26. The zero-order chi connectivity index (χ0) is 15.9. The highest BCUT2D eigenvalue weighted by atomic mass is 16.5. The molecular formula is C18H28N2O2. The van der Waals surface area contributed by atoms with Crippen molar-refractivity contribution >= 4 is 6.03 Å². The molecule has 2 rings (SSSR count). The van der Waals surface area contributed by atoms with Crippen molar-refractivity contribution < 1.29 is 9.53 Å². The third-order valence-corrected chi connectivity index (χ3v) is 4.55. The van der Waals surface area contributed by atoms with Crippen LogP contribution in [0.3, 0.4) is 0 Å². The molecule has 1 aliphatic rings. The summed E-state index contributed by atoms with van der Waals surface area (Å²) in [6, 6.07) is 6.59. The van der Waals surface area contributed by atoms with Gasteiger partial charge in [0.15, 0.2) is 0 Å². The molecular weight excluding hydrogens is 276 g/mol. The molecule has 1 aromatic rings. The average molecular weight is 304 g/mol. The number of hydrogen-bond donors (Lipinski definition) is 1. The number of ether oxygens (including phenoxy) is 1. The van der Waals surface area contributed by atoms with Gasteiger partial charge in [-0.2, -0.15) is 0 Å². The summed E-state index contributed by atoms with van der Waals surface area (Å²) in [5.41, 5.74) is 2.35. The molecule has 0 heterocycles. The molecule has 2 amide bonds. The first-order valence-electron chi connectivity index (χ1n) is 8.26. The lowest BCUT2D eigenvalue weighted by Gasteiger charge is -2.31. The van der Waals surface area contributed by atoms with Gasteiger partial charge in [-0.15, -0.1) is 0 Å². The summed E-state index contributed by atoms with van der Waals surface area (Å²) in [4.78, 5) is 14.1. The van der Waals surface area contributed by atoms with Crippen molar-refractivity contribution in [3.8, 4) is 5.75 Å². The zero-order valence-corrected chi connectivity index (χ0v) is 14.0. The van der Waals surface area contributed by atoms with Crippen molar-refractivity contribution in [3.63, 3.8) is 0 Å². The van der Waals surface area contributed by atoms with Crippen LogP contribution in [0.4, 0.5) is 4.79 Å². The minimum atomic E-state index is 0.0403. The topological polar surface area (TPSA) is 41.6 Å². The van der Waals surface area contributed by atoms with Gasteiger partial charge in [-0.25, -0.2) is 4.79 Å². The summed E-state index contributed by atoms with van der Waals surface area (Å²) >= 11 is 0. The number of nitrogens with one attached hydrogen (secondary N) is 1. The third-order valence-electron chi connectivity index (χ3n) is 4.55. The van der Waals surface area contributed by atoms with Gasteiger partial charge in [-0.1, -0.05) is 37.0 Å². The summed E-state index contributed by atoms with van der Waals surface area (Å²) in [6.45, 7) is 2.70. The number of carbonyl (C=O) groups is 1. The van der Waals surface area contributed by atoms with Gasteiger partial charge < -0.3 is 15.0 Å². The molecule has 122 valence electrons. The first-order chi connectivity index (χ1) is 10.6. The quantitative estimate of drug-likeness (QED) is 0.904. The maximum Gasteiger partial charge on any atom is 0.317 e. The Labute approximate surface area is 133 Å². The Kier molecular flexibility index (Phi) is 6.10. The van der Waals surface area contributed by atoms with Crippen LogP contribution >= 0.6 is 0 Å². The number of aryl methyl sites for hydroxylation is 1. The van der Waals surface area contributed by atoms with E-state index in [2.05, 4.69) is 18.3 Å². The number of benzene rings is 1. The van der Waals surface area contributed by atoms with Gasteiger partial charge >= 0.3 is 6.03 Å². The van der Waals surface area contributed by atoms with Crippen molar-refractivity contribution in [1.29, 1.82) is 0 Å². The van der Waals surface area contributed by atoms with Crippen LogP contribution in [-0.4, -0.2) is 37.7 Å². The van der Waals surface area contributed by atoms with Crippen molar-refractivity contribution in [2.24, 2.45) is 0 Å². The van der Waals surface area contributed by atoms with E-state index in [1.165, 1.54) is 24.8 Å². The molecule has 1 fully saturated rings. The van der Waals surface area contributed by atoms with Crippen LogP contribution < -0.4 is 10.1 Å². The van der Waals surface area contributed by atoms with E-state index in [1.807, 2.05) is 24.1 Å².